The molecule has 4 nitrogen and oxygen atoms in total. The van der Waals surface area contributed by atoms with E-state index >= 15 is 0 Å². The summed E-state index contributed by atoms with van der Waals surface area (Å²) in [6.45, 7) is 6.97. The number of benzene rings is 1. The van der Waals surface area contributed by atoms with Crippen LogP contribution in [0.15, 0.2) is 42.5 Å². The van der Waals surface area contributed by atoms with Gasteiger partial charge in [-0.1, -0.05) is 24.1 Å². The smallest absolute Gasteiger partial charge is 0.0547 e. The number of hydrogen-bond donors (Lipinski definition) is 1. The second-order valence-electron chi connectivity index (χ2n) is 6.98. The van der Waals surface area contributed by atoms with Gasteiger partial charge in [-0.2, -0.15) is 0 Å². The highest BCUT2D eigenvalue weighted by molar-refractivity contribution is 5.34. The van der Waals surface area contributed by atoms with Crippen molar-refractivity contribution in [3.63, 3.8) is 0 Å². The number of hydrogen-bond acceptors (Lipinski definition) is 4. The van der Waals surface area contributed by atoms with Gasteiger partial charge < -0.3 is 5.11 Å². The van der Waals surface area contributed by atoms with E-state index in [-0.39, 0.29) is 6.61 Å². The van der Waals surface area contributed by atoms with E-state index in [2.05, 4.69) is 45.0 Å². The highest BCUT2D eigenvalue weighted by Crippen LogP contribution is 2.18. The van der Waals surface area contributed by atoms with Crippen LogP contribution in [0.4, 0.5) is 0 Å². The van der Waals surface area contributed by atoms with Gasteiger partial charge in [-0.05, 0) is 43.2 Å². The van der Waals surface area contributed by atoms with Crippen molar-refractivity contribution in [2.75, 3.05) is 26.2 Å². The average molecular weight is 349 g/mol. The van der Waals surface area contributed by atoms with Crippen LogP contribution in [0.1, 0.15) is 28.9 Å². The molecule has 4 heteroatoms. The van der Waals surface area contributed by atoms with Crippen molar-refractivity contribution in [3.8, 4) is 12.3 Å². The van der Waals surface area contributed by atoms with Crippen molar-refractivity contribution in [1.29, 1.82) is 0 Å². The van der Waals surface area contributed by atoms with Crippen LogP contribution in [0.2, 0.25) is 0 Å². The molecule has 0 radical (unpaired) electrons. The molecule has 1 atom stereocenters. The number of pyridine rings is 1. The zero-order valence-electron chi connectivity index (χ0n) is 15.4. The van der Waals surface area contributed by atoms with Gasteiger partial charge >= 0.3 is 0 Å². The quantitative estimate of drug-likeness (QED) is 0.813. The summed E-state index contributed by atoms with van der Waals surface area (Å²) in [6, 6.07) is 14.7. The van der Waals surface area contributed by atoms with Crippen molar-refractivity contribution in [1.82, 2.24) is 14.8 Å². The van der Waals surface area contributed by atoms with E-state index in [1.165, 1.54) is 5.56 Å². The van der Waals surface area contributed by atoms with E-state index in [4.69, 9.17) is 6.42 Å². The summed E-state index contributed by atoms with van der Waals surface area (Å²) >= 11 is 0. The Labute approximate surface area is 156 Å². The van der Waals surface area contributed by atoms with Gasteiger partial charge in [0.25, 0.3) is 0 Å². The van der Waals surface area contributed by atoms with E-state index in [1.54, 1.807) is 0 Å². The Morgan fingerprint density at radius 3 is 2.65 bits per heavy atom. The zero-order valence-corrected chi connectivity index (χ0v) is 15.4. The summed E-state index contributed by atoms with van der Waals surface area (Å²) in [7, 11) is 0. The minimum atomic E-state index is 0.215. The molecule has 26 heavy (non-hydrogen) atoms. The van der Waals surface area contributed by atoms with Gasteiger partial charge in [-0.15, -0.1) is 6.42 Å². The summed E-state index contributed by atoms with van der Waals surface area (Å²) in [5.74, 6) is 2.66. The zero-order chi connectivity index (χ0) is 18.4. The summed E-state index contributed by atoms with van der Waals surface area (Å²) < 4.78 is 0. The van der Waals surface area contributed by atoms with Gasteiger partial charge in [-0.3, -0.25) is 14.8 Å². The van der Waals surface area contributed by atoms with Gasteiger partial charge in [0.05, 0.1) is 5.69 Å². The number of terminal acetylenes is 1. The molecule has 0 saturated carbocycles. The molecule has 2 aromatic rings. The standard InChI is InChI=1S/C22H27N3O/c1-3-19-7-9-20(10-8-19)15-24-12-13-25(22(17-24)11-14-26)16-21-6-4-5-18(2)23-21/h1,4-10,22,26H,11-17H2,2H3. The van der Waals surface area contributed by atoms with E-state index in [0.717, 1.165) is 56.1 Å². The Kier molecular flexibility index (Phi) is 6.40. The first-order valence-electron chi connectivity index (χ1n) is 9.23. The Hall–Kier alpha value is -2.19. The maximum absolute atomic E-state index is 9.50. The monoisotopic (exact) mass is 349 g/mol. The van der Waals surface area contributed by atoms with Crippen molar-refractivity contribution in [3.05, 3.63) is 65.0 Å². The maximum Gasteiger partial charge on any atom is 0.0547 e. The SMILES string of the molecule is C#Cc1ccc(CN2CCN(Cc3cccc(C)n3)C(CCO)C2)cc1. The van der Waals surface area contributed by atoms with Crippen LogP contribution in [-0.2, 0) is 13.1 Å². The van der Waals surface area contributed by atoms with E-state index < -0.39 is 0 Å². The molecule has 0 spiro atoms. The number of aliphatic hydroxyl groups is 1. The van der Waals surface area contributed by atoms with Crippen LogP contribution in [0.5, 0.6) is 0 Å². The second kappa shape index (κ2) is 8.95. The van der Waals surface area contributed by atoms with Crippen LogP contribution in [0.3, 0.4) is 0 Å². The van der Waals surface area contributed by atoms with E-state index in [1.807, 2.05) is 25.1 Å². The maximum atomic E-state index is 9.50. The van der Waals surface area contributed by atoms with Gasteiger partial charge in [0.1, 0.15) is 0 Å². The first-order chi connectivity index (χ1) is 12.7. The van der Waals surface area contributed by atoms with Crippen LogP contribution in [-0.4, -0.2) is 52.2 Å². The molecular weight excluding hydrogens is 322 g/mol. The molecule has 1 aromatic heterocycles. The fraction of sp³-hybridized carbons (Fsp3) is 0.409. The molecule has 1 saturated heterocycles. The van der Waals surface area contributed by atoms with Gasteiger partial charge in [-0.25, -0.2) is 0 Å². The molecule has 3 rings (SSSR count). The molecule has 0 bridgehead atoms. The lowest BCUT2D eigenvalue weighted by Crippen LogP contribution is -2.52. The Morgan fingerprint density at radius 2 is 1.96 bits per heavy atom. The average Bonchev–Trinajstić information content (AvgIpc) is 2.65. The molecule has 1 unspecified atom stereocenters. The number of aryl methyl sites for hydroxylation is 1. The number of aliphatic hydroxyl groups excluding tert-OH is 1. The highest BCUT2D eigenvalue weighted by atomic mass is 16.3. The molecule has 1 fully saturated rings. The molecular formula is C22H27N3O. The summed E-state index contributed by atoms with van der Waals surface area (Å²) in [6.07, 6.45) is 6.22. The molecule has 2 heterocycles. The van der Waals surface area contributed by atoms with E-state index in [9.17, 15) is 5.11 Å². The van der Waals surface area contributed by atoms with Crippen LogP contribution in [0, 0.1) is 19.3 Å². The molecule has 0 aliphatic carbocycles. The molecule has 1 aromatic carbocycles. The number of aromatic nitrogens is 1. The first kappa shape index (κ1) is 18.6. The molecule has 1 aliphatic heterocycles. The number of piperazine rings is 1. The third-order valence-electron chi connectivity index (χ3n) is 4.99. The summed E-state index contributed by atoms with van der Waals surface area (Å²) in [4.78, 5) is 9.55. The Bertz CT molecular complexity index is 751. The highest BCUT2D eigenvalue weighted by Gasteiger charge is 2.26. The Morgan fingerprint density at radius 1 is 1.15 bits per heavy atom. The lowest BCUT2D eigenvalue weighted by molar-refractivity contribution is 0.0491. The number of rotatable bonds is 6. The van der Waals surface area contributed by atoms with Crippen LogP contribution < -0.4 is 0 Å². The van der Waals surface area contributed by atoms with E-state index in [0.29, 0.717) is 6.04 Å². The largest absolute Gasteiger partial charge is 0.396 e. The minimum absolute atomic E-state index is 0.215. The number of nitrogens with zero attached hydrogens (tertiary/aromatic N) is 3. The summed E-state index contributed by atoms with van der Waals surface area (Å²) in [5.41, 5.74) is 4.35. The fourth-order valence-electron chi connectivity index (χ4n) is 3.59. The van der Waals surface area contributed by atoms with Gasteiger partial charge in [0.2, 0.25) is 0 Å². The predicted octanol–water partition coefficient (Wildman–Crippen LogP) is 2.44. The lowest BCUT2D eigenvalue weighted by atomic mass is 10.1. The van der Waals surface area contributed by atoms with Crippen molar-refractivity contribution in [2.24, 2.45) is 0 Å². The van der Waals surface area contributed by atoms with Gasteiger partial charge in [0.15, 0.2) is 0 Å². The van der Waals surface area contributed by atoms with Crippen molar-refractivity contribution < 1.29 is 5.11 Å². The predicted molar refractivity (Wildman–Crippen MR) is 105 cm³/mol. The third-order valence-corrected chi connectivity index (χ3v) is 4.99. The Balaban J connectivity index is 1.62. The fourth-order valence-corrected chi connectivity index (χ4v) is 3.59. The topological polar surface area (TPSA) is 39.6 Å². The first-order valence-corrected chi connectivity index (χ1v) is 9.23. The van der Waals surface area contributed by atoms with Crippen LogP contribution >= 0.6 is 0 Å². The minimum Gasteiger partial charge on any atom is -0.396 e. The molecule has 1 aliphatic rings. The third kappa shape index (κ3) is 4.92. The lowest BCUT2D eigenvalue weighted by Gasteiger charge is -2.41. The molecule has 1 N–H and O–H groups in total. The van der Waals surface area contributed by atoms with Crippen LogP contribution in [0.25, 0.3) is 0 Å². The summed E-state index contributed by atoms with van der Waals surface area (Å²) in [5, 5.41) is 9.50. The van der Waals surface area contributed by atoms with Crippen molar-refractivity contribution in [2.45, 2.75) is 32.5 Å². The normalized spacial score (nSPS) is 18.6. The van der Waals surface area contributed by atoms with Gasteiger partial charge in [0, 0.05) is 56.6 Å². The second-order valence-corrected chi connectivity index (χ2v) is 6.98. The molecule has 0 amide bonds. The molecule has 136 valence electrons. The van der Waals surface area contributed by atoms with Crippen molar-refractivity contribution >= 4 is 0 Å².